The number of fused-ring (bicyclic) bond motifs is 1. The predicted molar refractivity (Wildman–Crippen MR) is 92.1 cm³/mol. The second-order valence-electron chi connectivity index (χ2n) is 6.71. The molecule has 0 saturated heterocycles. The van der Waals surface area contributed by atoms with E-state index in [1.54, 1.807) is 12.1 Å². The molecule has 1 aromatic rings. The molecule has 0 N–H and O–H groups in total. The minimum atomic E-state index is -0.357. The van der Waals surface area contributed by atoms with Crippen molar-refractivity contribution in [3.8, 4) is 5.75 Å². The zero-order chi connectivity index (χ0) is 16.8. The summed E-state index contributed by atoms with van der Waals surface area (Å²) in [6.07, 6.45) is 6.87. The Hall–Kier alpha value is -2.14. The summed E-state index contributed by atoms with van der Waals surface area (Å²) < 4.78 is 18.7. The topological polar surface area (TPSA) is 28.1 Å². The molecule has 0 aromatic heterocycles. The molecule has 0 radical (unpaired) electrons. The molecule has 4 rings (SSSR count). The molecule has 24 heavy (non-hydrogen) atoms. The highest BCUT2D eigenvalue weighted by atomic mass is 19.1. The molecule has 0 bridgehead atoms. The van der Waals surface area contributed by atoms with Gasteiger partial charge < -0.3 is 4.74 Å². The minimum Gasteiger partial charge on any atom is -0.494 e. The number of hydrazine groups is 1. The molecule has 0 amide bonds. The lowest BCUT2D eigenvalue weighted by molar-refractivity contribution is 0.0236. The lowest BCUT2D eigenvalue weighted by Gasteiger charge is -2.37. The standard InChI is InChI=1S/C19H22FN3O/c1-12-10-17(15-6-7-16(20)18(11-15)24-3)21-19-8-9-22(23(12)19)13(2)14-4-5-14/h6-8,10-11,13-14H,4-5,9H2,1-3H3/t13-/m0/s1. The van der Waals surface area contributed by atoms with Crippen LogP contribution in [0.5, 0.6) is 5.75 Å². The number of nitrogens with zero attached hydrogens (tertiary/aromatic N) is 3. The van der Waals surface area contributed by atoms with Crippen molar-refractivity contribution in [1.29, 1.82) is 0 Å². The fourth-order valence-corrected chi connectivity index (χ4v) is 3.50. The summed E-state index contributed by atoms with van der Waals surface area (Å²) in [6.45, 7) is 5.29. The van der Waals surface area contributed by atoms with Gasteiger partial charge in [0, 0.05) is 23.8 Å². The van der Waals surface area contributed by atoms with Crippen LogP contribution in [0.25, 0.3) is 0 Å². The number of halogens is 1. The van der Waals surface area contributed by atoms with E-state index in [0.717, 1.165) is 35.3 Å². The van der Waals surface area contributed by atoms with Gasteiger partial charge in [0.15, 0.2) is 11.6 Å². The molecule has 4 nitrogen and oxygen atoms in total. The molecular formula is C19H22FN3O. The first-order valence-corrected chi connectivity index (χ1v) is 8.46. The van der Waals surface area contributed by atoms with Gasteiger partial charge in [0.25, 0.3) is 0 Å². The Morgan fingerprint density at radius 1 is 1.33 bits per heavy atom. The van der Waals surface area contributed by atoms with E-state index in [4.69, 9.17) is 9.73 Å². The van der Waals surface area contributed by atoms with Crippen molar-refractivity contribution in [2.45, 2.75) is 32.7 Å². The maximum absolute atomic E-state index is 13.6. The Morgan fingerprint density at radius 2 is 2.12 bits per heavy atom. The number of allylic oxidation sites excluding steroid dienone is 2. The van der Waals surface area contributed by atoms with Crippen LogP contribution >= 0.6 is 0 Å². The second-order valence-corrected chi connectivity index (χ2v) is 6.71. The molecule has 1 aromatic carbocycles. The Labute approximate surface area is 141 Å². The Morgan fingerprint density at radius 3 is 2.83 bits per heavy atom. The lowest BCUT2D eigenvalue weighted by Crippen LogP contribution is -2.44. The van der Waals surface area contributed by atoms with Gasteiger partial charge in [-0.25, -0.2) is 14.4 Å². The van der Waals surface area contributed by atoms with E-state index in [1.807, 2.05) is 0 Å². The number of benzene rings is 1. The molecule has 1 saturated carbocycles. The van der Waals surface area contributed by atoms with Crippen LogP contribution in [0.3, 0.4) is 0 Å². The third-order valence-electron chi connectivity index (χ3n) is 5.07. The number of hydrogen-bond donors (Lipinski definition) is 0. The highest BCUT2D eigenvalue weighted by Crippen LogP contribution is 2.39. The van der Waals surface area contributed by atoms with Crippen LogP contribution in [0, 0.1) is 11.7 Å². The normalized spacial score (nSPS) is 21.8. The van der Waals surface area contributed by atoms with E-state index in [9.17, 15) is 4.39 Å². The first-order valence-electron chi connectivity index (χ1n) is 8.46. The number of aliphatic imine (C=N–C) groups is 1. The number of rotatable bonds is 4. The molecule has 2 heterocycles. The quantitative estimate of drug-likeness (QED) is 0.844. The molecule has 1 atom stereocenters. The predicted octanol–water partition coefficient (Wildman–Crippen LogP) is 3.71. The lowest BCUT2D eigenvalue weighted by atomic mass is 10.1. The highest BCUT2D eigenvalue weighted by molar-refractivity contribution is 6.10. The largest absolute Gasteiger partial charge is 0.494 e. The number of methoxy groups -OCH3 is 1. The highest BCUT2D eigenvalue weighted by Gasteiger charge is 2.38. The van der Waals surface area contributed by atoms with Crippen LogP contribution < -0.4 is 4.74 Å². The first kappa shape index (κ1) is 15.4. The summed E-state index contributed by atoms with van der Waals surface area (Å²) in [6, 6.07) is 5.41. The average molecular weight is 327 g/mol. The van der Waals surface area contributed by atoms with E-state index in [0.29, 0.717) is 6.04 Å². The molecule has 0 spiro atoms. The molecule has 3 aliphatic rings. The van der Waals surface area contributed by atoms with Gasteiger partial charge in [-0.1, -0.05) is 0 Å². The Balaban J connectivity index is 1.63. The summed E-state index contributed by atoms with van der Waals surface area (Å²) in [5, 5.41) is 4.61. The molecule has 5 heteroatoms. The van der Waals surface area contributed by atoms with Gasteiger partial charge in [-0.3, -0.25) is 5.01 Å². The molecule has 1 aliphatic carbocycles. The first-order chi connectivity index (χ1) is 11.6. The summed E-state index contributed by atoms with van der Waals surface area (Å²) in [7, 11) is 1.48. The van der Waals surface area contributed by atoms with E-state index in [-0.39, 0.29) is 11.6 Å². The van der Waals surface area contributed by atoms with Crippen molar-refractivity contribution in [2.24, 2.45) is 10.9 Å². The molecule has 2 aliphatic heterocycles. The zero-order valence-corrected chi connectivity index (χ0v) is 14.3. The van der Waals surface area contributed by atoms with Crippen LogP contribution in [0.2, 0.25) is 0 Å². The van der Waals surface area contributed by atoms with Crippen molar-refractivity contribution < 1.29 is 9.13 Å². The second kappa shape index (κ2) is 5.74. The zero-order valence-electron chi connectivity index (χ0n) is 14.3. The maximum Gasteiger partial charge on any atom is 0.165 e. The third kappa shape index (κ3) is 2.53. The third-order valence-corrected chi connectivity index (χ3v) is 5.07. The van der Waals surface area contributed by atoms with Crippen molar-refractivity contribution in [3.63, 3.8) is 0 Å². The number of ether oxygens (including phenoxy) is 1. The van der Waals surface area contributed by atoms with Crippen LogP contribution in [0.15, 0.2) is 46.9 Å². The van der Waals surface area contributed by atoms with Crippen molar-refractivity contribution in [1.82, 2.24) is 10.0 Å². The number of hydrogen-bond acceptors (Lipinski definition) is 4. The fraction of sp³-hybridized carbons (Fsp3) is 0.421. The van der Waals surface area contributed by atoms with Gasteiger partial charge in [-0.2, -0.15) is 0 Å². The molecular weight excluding hydrogens is 305 g/mol. The molecule has 126 valence electrons. The van der Waals surface area contributed by atoms with E-state index in [2.05, 4.69) is 36.0 Å². The SMILES string of the molecule is COc1cc(C2=NC3=CCN([C@@H](C)C4CC4)N3C(C)=C2)ccc1F. The van der Waals surface area contributed by atoms with Gasteiger partial charge >= 0.3 is 0 Å². The Bertz CT molecular complexity index is 764. The fourth-order valence-electron chi connectivity index (χ4n) is 3.50. The van der Waals surface area contributed by atoms with Crippen molar-refractivity contribution in [2.75, 3.05) is 13.7 Å². The van der Waals surface area contributed by atoms with E-state index >= 15 is 0 Å². The molecule has 1 fully saturated rings. The van der Waals surface area contributed by atoms with Gasteiger partial charge in [0.2, 0.25) is 0 Å². The summed E-state index contributed by atoms with van der Waals surface area (Å²) in [5.41, 5.74) is 2.84. The van der Waals surface area contributed by atoms with Gasteiger partial charge in [-0.05, 0) is 63.0 Å². The van der Waals surface area contributed by atoms with E-state index < -0.39 is 0 Å². The summed E-state index contributed by atoms with van der Waals surface area (Å²) in [4.78, 5) is 4.79. The molecule has 0 unspecified atom stereocenters. The minimum absolute atomic E-state index is 0.244. The Kier molecular flexibility index (Phi) is 3.68. The van der Waals surface area contributed by atoms with E-state index in [1.165, 1.54) is 26.0 Å². The van der Waals surface area contributed by atoms with Crippen LogP contribution in [0.4, 0.5) is 4.39 Å². The van der Waals surface area contributed by atoms with Gasteiger partial charge in [-0.15, -0.1) is 0 Å². The summed E-state index contributed by atoms with van der Waals surface area (Å²) in [5.74, 6) is 1.65. The van der Waals surface area contributed by atoms with Crippen LogP contribution in [-0.4, -0.2) is 35.4 Å². The van der Waals surface area contributed by atoms with Crippen LogP contribution in [-0.2, 0) is 0 Å². The van der Waals surface area contributed by atoms with Crippen LogP contribution in [0.1, 0.15) is 32.3 Å². The smallest absolute Gasteiger partial charge is 0.165 e. The average Bonchev–Trinajstić information content (AvgIpc) is 3.34. The maximum atomic E-state index is 13.6. The van der Waals surface area contributed by atoms with Crippen molar-refractivity contribution >= 4 is 5.71 Å². The van der Waals surface area contributed by atoms with Gasteiger partial charge in [0.1, 0.15) is 5.82 Å². The van der Waals surface area contributed by atoms with Gasteiger partial charge in [0.05, 0.1) is 12.8 Å². The monoisotopic (exact) mass is 327 g/mol. The summed E-state index contributed by atoms with van der Waals surface area (Å²) >= 11 is 0. The van der Waals surface area contributed by atoms with Crippen molar-refractivity contribution in [3.05, 3.63) is 53.2 Å².